The lowest BCUT2D eigenvalue weighted by Crippen LogP contribution is -2.30. The van der Waals surface area contributed by atoms with Crippen LogP contribution in [-0.4, -0.2) is 46.4 Å². The van der Waals surface area contributed by atoms with Gasteiger partial charge in [-0.25, -0.2) is 0 Å². The number of carbonyl (C=O) groups is 1. The summed E-state index contributed by atoms with van der Waals surface area (Å²) in [5.74, 6) is 0.982. The van der Waals surface area contributed by atoms with Crippen LogP contribution in [0.1, 0.15) is 12.0 Å². The van der Waals surface area contributed by atoms with Gasteiger partial charge < -0.3 is 25.3 Å². The quantitative estimate of drug-likeness (QED) is 0.622. The van der Waals surface area contributed by atoms with E-state index in [0.717, 1.165) is 18.4 Å². The average Bonchev–Trinajstić information content (AvgIpc) is 2.50. The van der Waals surface area contributed by atoms with Crippen molar-refractivity contribution in [1.82, 2.24) is 5.32 Å². The minimum Gasteiger partial charge on any atom is -0.493 e. The molecule has 0 unspecified atom stereocenters. The first-order valence-electron chi connectivity index (χ1n) is 6.96. The Bertz CT molecular complexity index is 438. The molecule has 0 atom stereocenters. The molecule has 0 aliphatic carbocycles. The number of hydrogen-bond donors (Lipinski definition) is 2. The van der Waals surface area contributed by atoms with Crippen LogP contribution in [-0.2, 0) is 16.0 Å². The summed E-state index contributed by atoms with van der Waals surface area (Å²) >= 11 is 0. The fourth-order valence-electron chi connectivity index (χ4n) is 1.79. The Labute approximate surface area is 125 Å². The highest BCUT2D eigenvalue weighted by molar-refractivity contribution is 5.77. The topological polar surface area (TPSA) is 82.8 Å². The van der Waals surface area contributed by atoms with E-state index in [1.165, 1.54) is 0 Å². The van der Waals surface area contributed by atoms with Crippen molar-refractivity contribution in [3.05, 3.63) is 23.8 Å². The molecule has 3 N–H and O–H groups in total. The molecule has 0 radical (unpaired) electrons. The van der Waals surface area contributed by atoms with Crippen molar-refractivity contribution in [2.75, 3.05) is 40.5 Å². The third kappa shape index (κ3) is 6.46. The molecule has 1 amide bonds. The highest BCUT2D eigenvalue weighted by Crippen LogP contribution is 2.28. The van der Waals surface area contributed by atoms with Gasteiger partial charge in [-0.1, -0.05) is 6.07 Å². The zero-order valence-corrected chi connectivity index (χ0v) is 12.7. The third-order valence-electron chi connectivity index (χ3n) is 2.87. The first-order chi connectivity index (χ1) is 10.2. The maximum atomic E-state index is 11.7. The van der Waals surface area contributed by atoms with Crippen LogP contribution in [0.2, 0.25) is 0 Å². The monoisotopic (exact) mass is 296 g/mol. The van der Waals surface area contributed by atoms with E-state index < -0.39 is 0 Å². The lowest BCUT2D eigenvalue weighted by molar-refractivity contribution is -0.123. The number of nitrogens with two attached hydrogens (primary N) is 1. The number of carbonyl (C=O) groups excluding carboxylic acids is 1. The number of hydrogen-bond acceptors (Lipinski definition) is 5. The summed E-state index contributed by atoms with van der Waals surface area (Å²) in [7, 11) is 3.20. The van der Waals surface area contributed by atoms with Gasteiger partial charge in [-0.2, -0.15) is 0 Å². The second-order valence-corrected chi connectivity index (χ2v) is 4.51. The van der Waals surface area contributed by atoms with Crippen LogP contribution in [0.25, 0.3) is 0 Å². The summed E-state index contributed by atoms with van der Waals surface area (Å²) < 4.78 is 15.7. The molecule has 0 saturated carbocycles. The molecule has 0 heterocycles. The lowest BCUT2D eigenvalue weighted by Gasteiger charge is -2.12. The van der Waals surface area contributed by atoms with E-state index in [9.17, 15) is 4.79 Å². The number of ether oxygens (including phenoxy) is 3. The third-order valence-corrected chi connectivity index (χ3v) is 2.87. The van der Waals surface area contributed by atoms with Crippen LogP contribution in [0.15, 0.2) is 18.2 Å². The summed E-state index contributed by atoms with van der Waals surface area (Å²) in [4.78, 5) is 11.7. The Morgan fingerprint density at radius 3 is 2.76 bits per heavy atom. The first-order valence-corrected chi connectivity index (χ1v) is 6.96. The second kappa shape index (κ2) is 10.0. The van der Waals surface area contributed by atoms with E-state index in [1.807, 2.05) is 18.2 Å². The highest BCUT2D eigenvalue weighted by atomic mass is 16.5. The molecular weight excluding hydrogens is 272 g/mol. The van der Waals surface area contributed by atoms with Gasteiger partial charge in [-0.3, -0.25) is 4.79 Å². The number of nitrogens with one attached hydrogen (secondary N) is 1. The minimum absolute atomic E-state index is 0.0462. The van der Waals surface area contributed by atoms with E-state index in [1.54, 1.807) is 14.2 Å². The van der Waals surface area contributed by atoms with E-state index in [-0.39, 0.29) is 12.5 Å². The largest absolute Gasteiger partial charge is 0.493 e. The molecule has 0 aliphatic rings. The SMILES string of the molecule is COCCCNC(=O)COc1cc(CCN)ccc1OC. The Kier molecular flexibility index (Phi) is 8.23. The van der Waals surface area contributed by atoms with Crippen LogP contribution in [0.5, 0.6) is 11.5 Å². The van der Waals surface area contributed by atoms with Crippen LogP contribution in [0.4, 0.5) is 0 Å². The van der Waals surface area contributed by atoms with Crippen LogP contribution < -0.4 is 20.5 Å². The van der Waals surface area contributed by atoms with Gasteiger partial charge in [0.05, 0.1) is 7.11 Å². The van der Waals surface area contributed by atoms with Crippen LogP contribution in [0, 0.1) is 0 Å². The Balaban J connectivity index is 2.48. The summed E-state index contributed by atoms with van der Waals surface area (Å²) in [5.41, 5.74) is 6.59. The van der Waals surface area contributed by atoms with E-state index in [2.05, 4.69) is 5.32 Å². The zero-order chi connectivity index (χ0) is 15.5. The van der Waals surface area contributed by atoms with Gasteiger partial charge in [-0.05, 0) is 37.1 Å². The molecule has 0 fully saturated rings. The van der Waals surface area contributed by atoms with Gasteiger partial charge in [-0.15, -0.1) is 0 Å². The smallest absolute Gasteiger partial charge is 0.257 e. The van der Waals surface area contributed by atoms with Crippen LogP contribution >= 0.6 is 0 Å². The van der Waals surface area contributed by atoms with Crippen molar-refractivity contribution in [3.63, 3.8) is 0 Å². The summed E-state index contributed by atoms with van der Waals surface area (Å²) in [6, 6.07) is 5.60. The van der Waals surface area contributed by atoms with E-state index >= 15 is 0 Å². The molecule has 0 aliphatic heterocycles. The second-order valence-electron chi connectivity index (χ2n) is 4.51. The standard InChI is InChI=1S/C15H24N2O4/c1-19-9-3-8-17-15(18)11-21-14-10-12(6-7-16)4-5-13(14)20-2/h4-5,10H,3,6-9,11,16H2,1-2H3,(H,17,18). The van der Waals surface area contributed by atoms with Crippen molar-refractivity contribution in [2.45, 2.75) is 12.8 Å². The highest BCUT2D eigenvalue weighted by Gasteiger charge is 2.08. The summed E-state index contributed by atoms with van der Waals surface area (Å²) in [6.07, 6.45) is 1.53. The summed E-state index contributed by atoms with van der Waals surface area (Å²) in [6.45, 7) is 1.71. The number of amides is 1. The predicted octanol–water partition coefficient (Wildman–Crippen LogP) is 0.728. The Hall–Kier alpha value is -1.79. The molecule has 0 saturated heterocycles. The van der Waals surface area contributed by atoms with Crippen molar-refractivity contribution in [3.8, 4) is 11.5 Å². The van der Waals surface area contributed by atoms with Crippen molar-refractivity contribution < 1.29 is 19.0 Å². The molecule has 6 nitrogen and oxygen atoms in total. The van der Waals surface area contributed by atoms with Gasteiger partial charge >= 0.3 is 0 Å². The lowest BCUT2D eigenvalue weighted by atomic mass is 10.1. The van der Waals surface area contributed by atoms with E-state index in [4.69, 9.17) is 19.9 Å². The summed E-state index contributed by atoms with van der Waals surface area (Å²) in [5, 5.41) is 2.76. The Morgan fingerprint density at radius 2 is 2.10 bits per heavy atom. The van der Waals surface area contributed by atoms with Crippen molar-refractivity contribution in [1.29, 1.82) is 0 Å². The normalized spacial score (nSPS) is 10.2. The van der Waals surface area contributed by atoms with Crippen LogP contribution in [0.3, 0.4) is 0 Å². The minimum atomic E-state index is -0.169. The number of rotatable bonds is 10. The molecule has 118 valence electrons. The molecular formula is C15H24N2O4. The fraction of sp³-hybridized carbons (Fsp3) is 0.533. The molecule has 0 bridgehead atoms. The number of methoxy groups -OCH3 is 2. The van der Waals surface area contributed by atoms with E-state index in [0.29, 0.717) is 31.2 Å². The predicted molar refractivity (Wildman–Crippen MR) is 80.8 cm³/mol. The van der Waals surface area contributed by atoms with Crippen molar-refractivity contribution >= 4 is 5.91 Å². The van der Waals surface area contributed by atoms with Gasteiger partial charge in [0.2, 0.25) is 0 Å². The first kappa shape index (κ1) is 17.3. The molecule has 21 heavy (non-hydrogen) atoms. The number of benzene rings is 1. The molecule has 6 heteroatoms. The molecule has 0 aromatic heterocycles. The fourth-order valence-corrected chi connectivity index (χ4v) is 1.79. The molecule has 1 rings (SSSR count). The van der Waals surface area contributed by atoms with Gasteiger partial charge in [0.25, 0.3) is 5.91 Å². The maximum absolute atomic E-state index is 11.7. The van der Waals surface area contributed by atoms with Gasteiger partial charge in [0, 0.05) is 20.3 Å². The average molecular weight is 296 g/mol. The van der Waals surface area contributed by atoms with Gasteiger partial charge in [0.15, 0.2) is 18.1 Å². The molecule has 1 aromatic carbocycles. The molecule has 1 aromatic rings. The molecule has 0 spiro atoms. The Morgan fingerprint density at radius 1 is 1.29 bits per heavy atom. The van der Waals surface area contributed by atoms with Gasteiger partial charge in [0.1, 0.15) is 0 Å². The zero-order valence-electron chi connectivity index (χ0n) is 12.7. The maximum Gasteiger partial charge on any atom is 0.257 e. The van der Waals surface area contributed by atoms with Crippen molar-refractivity contribution in [2.24, 2.45) is 5.73 Å².